The first-order valence-electron chi connectivity index (χ1n) is 11.0. The summed E-state index contributed by atoms with van der Waals surface area (Å²) in [6.45, 7) is 3.35. The Morgan fingerprint density at radius 3 is 2.58 bits per heavy atom. The molecule has 6 heteroatoms. The Labute approximate surface area is 183 Å². The van der Waals surface area contributed by atoms with E-state index in [9.17, 15) is 9.18 Å². The molecule has 1 N–H and O–H groups in total. The number of hydrogen-bond donors (Lipinski definition) is 1. The van der Waals surface area contributed by atoms with Gasteiger partial charge in [0.15, 0.2) is 11.6 Å². The van der Waals surface area contributed by atoms with Crippen molar-refractivity contribution < 1.29 is 18.7 Å². The summed E-state index contributed by atoms with van der Waals surface area (Å²) in [6, 6.07) is 13.8. The Hall–Kier alpha value is -2.44. The summed E-state index contributed by atoms with van der Waals surface area (Å²) in [6.07, 6.45) is 3.26. The van der Waals surface area contributed by atoms with Gasteiger partial charge in [-0.15, -0.1) is 0 Å². The lowest BCUT2D eigenvalue weighted by atomic mass is 9.96. The second-order valence-corrected chi connectivity index (χ2v) is 8.72. The highest BCUT2D eigenvalue weighted by Crippen LogP contribution is 2.36. The van der Waals surface area contributed by atoms with Crippen LogP contribution in [0.25, 0.3) is 0 Å². The van der Waals surface area contributed by atoms with Gasteiger partial charge in [0.05, 0.1) is 26.4 Å². The highest BCUT2D eigenvalue weighted by Gasteiger charge is 2.29. The molecule has 1 saturated heterocycles. The van der Waals surface area contributed by atoms with Crippen molar-refractivity contribution in [3.8, 4) is 5.75 Å². The van der Waals surface area contributed by atoms with Crippen molar-refractivity contribution >= 4 is 5.91 Å². The van der Waals surface area contributed by atoms with Crippen LogP contribution in [-0.4, -0.2) is 50.3 Å². The number of rotatable bonds is 7. The Morgan fingerprint density at radius 1 is 1.19 bits per heavy atom. The lowest BCUT2D eigenvalue weighted by molar-refractivity contribution is -0.0467. The molecule has 2 aromatic carbocycles. The normalized spacial score (nSPS) is 22.1. The van der Waals surface area contributed by atoms with Crippen molar-refractivity contribution in [2.75, 3.05) is 27.4 Å². The summed E-state index contributed by atoms with van der Waals surface area (Å²) < 4.78 is 24.0. The summed E-state index contributed by atoms with van der Waals surface area (Å²) in [4.78, 5) is 14.4. The lowest BCUT2D eigenvalue weighted by Crippen LogP contribution is -2.49. The third-order valence-corrected chi connectivity index (χ3v) is 6.71. The Morgan fingerprint density at radius 2 is 1.94 bits per heavy atom. The monoisotopic (exact) mass is 426 g/mol. The number of carbonyl (C=O) groups excluding carboxylic acids is 1. The zero-order valence-corrected chi connectivity index (χ0v) is 18.4. The maximum Gasteiger partial charge on any atom is 0.254 e. The molecular weight excluding hydrogens is 395 g/mol. The summed E-state index contributed by atoms with van der Waals surface area (Å²) >= 11 is 0. The van der Waals surface area contributed by atoms with E-state index in [1.165, 1.54) is 18.7 Å². The van der Waals surface area contributed by atoms with Crippen LogP contribution in [0.2, 0.25) is 0 Å². The van der Waals surface area contributed by atoms with Crippen molar-refractivity contribution in [3.05, 3.63) is 65.0 Å². The number of likely N-dealkylation sites (N-methyl/N-ethyl adjacent to an activating group) is 1. The molecule has 2 aliphatic rings. The Kier molecular flexibility index (Phi) is 6.58. The first-order valence-corrected chi connectivity index (χ1v) is 11.0. The standard InChI is InChI=1S/C25H31FN2O3/c1-16(19-9-11-23(26)24(13-19)30-3)27-21-10-8-20(12-21)17-4-6-18(7-5-17)25(29)28(2)22-14-31-15-22/h4-7,9,11,13,16,20-22,27H,8,10,12,14-15H2,1-3H3/t16-,20-,21+/m1/s1. The van der Waals surface area contributed by atoms with Crippen LogP contribution in [0.5, 0.6) is 5.75 Å². The summed E-state index contributed by atoms with van der Waals surface area (Å²) in [7, 11) is 3.33. The minimum Gasteiger partial charge on any atom is -0.494 e. The molecule has 0 radical (unpaired) electrons. The highest BCUT2D eigenvalue weighted by molar-refractivity contribution is 5.94. The van der Waals surface area contributed by atoms with E-state index in [-0.39, 0.29) is 29.6 Å². The van der Waals surface area contributed by atoms with Crippen LogP contribution in [0.1, 0.15) is 59.6 Å². The predicted octanol–water partition coefficient (Wildman–Crippen LogP) is 4.29. The predicted molar refractivity (Wildman–Crippen MR) is 118 cm³/mol. The molecule has 0 aromatic heterocycles. The fraction of sp³-hybridized carbons (Fsp3) is 0.480. The zero-order valence-electron chi connectivity index (χ0n) is 18.4. The SMILES string of the molecule is COc1cc([C@@H](C)N[C@H]2CC[C@@H](c3ccc(C(=O)N(C)C4COC4)cc3)C2)ccc1F. The van der Waals surface area contributed by atoms with Gasteiger partial charge >= 0.3 is 0 Å². The molecular formula is C25H31FN2O3. The van der Waals surface area contributed by atoms with Gasteiger partial charge in [-0.2, -0.15) is 0 Å². The first kappa shape index (κ1) is 21.8. The van der Waals surface area contributed by atoms with Crippen molar-refractivity contribution in [2.24, 2.45) is 0 Å². The molecule has 1 heterocycles. The van der Waals surface area contributed by atoms with Crippen LogP contribution < -0.4 is 10.1 Å². The van der Waals surface area contributed by atoms with Gasteiger partial charge in [-0.3, -0.25) is 4.79 Å². The fourth-order valence-corrected chi connectivity index (χ4v) is 4.55. The number of hydrogen-bond acceptors (Lipinski definition) is 4. The number of methoxy groups -OCH3 is 1. The Bertz CT molecular complexity index is 913. The second kappa shape index (κ2) is 9.37. The van der Waals surface area contributed by atoms with E-state index in [1.807, 2.05) is 25.2 Å². The van der Waals surface area contributed by atoms with Gasteiger partial charge in [-0.25, -0.2) is 4.39 Å². The largest absolute Gasteiger partial charge is 0.494 e. The van der Waals surface area contributed by atoms with Crippen molar-refractivity contribution in [3.63, 3.8) is 0 Å². The maximum absolute atomic E-state index is 13.7. The molecule has 1 saturated carbocycles. The number of halogens is 1. The minimum absolute atomic E-state index is 0.0503. The molecule has 1 aliphatic carbocycles. The van der Waals surface area contributed by atoms with Gasteiger partial charge in [-0.1, -0.05) is 18.2 Å². The fourth-order valence-electron chi connectivity index (χ4n) is 4.55. The minimum atomic E-state index is -0.339. The number of carbonyl (C=O) groups is 1. The van der Waals surface area contributed by atoms with Crippen molar-refractivity contribution in [1.82, 2.24) is 10.2 Å². The van der Waals surface area contributed by atoms with Crippen molar-refractivity contribution in [1.29, 1.82) is 0 Å². The quantitative estimate of drug-likeness (QED) is 0.718. The number of amides is 1. The molecule has 31 heavy (non-hydrogen) atoms. The maximum atomic E-state index is 13.7. The van der Waals surface area contributed by atoms with Gasteiger partial charge in [0.25, 0.3) is 5.91 Å². The molecule has 1 aliphatic heterocycles. The van der Waals surface area contributed by atoms with E-state index in [1.54, 1.807) is 11.0 Å². The average molecular weight is 427 g/mol. The van der Waals surface area contributed by atoms with E-state index >= 15 is 0 Å². The van der Waals surface area contributed by atoms with E-state index in [4.69, 9.17) is 9.47 Å². The molecule has 1 amide bonds. The van der Waals surface area contributed by atoms with Gasteiger partial charge in [0.1, 0.15) is 0 Å². The van der Waals surface area contributed by atoms with E-state index < -0.39 is 0 Å². The third-order valence-electron chi connectivity index (χ3n) is 6.71. The van der Waals surface area contributed by atoms with Gasteiger partial charge in [0, 0.05) is 24.7 Å². The molecule has 0 spiro atoms. The topological polar surface area (TPSA) is 50.8 Å². The van der Waals surface area contributed by atoms with E-state index in [0.29, 0.717) is 25.2 Å². The van der Waals surface area contributed by atoms with Crippen LogP contribution in [0.15, 0.2) is 42.5 Å². The summed E-state index contributed by atoms with van der Waals surface area (Å²) in [5, 5.41) is 3.68. The third kappa shape index (κ3) is 4.75. The number of ether oxygens (including phenoxy) is 2. The average Bonchev–Trinajstić information content (AvgIpc) is 3.20. The molecule has 5 nitrogen and oxygen atoms in total. The molecule has 4 rings (SSSR count). The van der Waals surface area contributed by atoms with Gasteiger partial charge in [-0.05, 0) is 67.5 Å². The number of benzene rings is 2. The summed E-state index contributed by atoms with van der Waals surface area (Å²) in [5.41, 5.74) is 3.03. The lowest BCUT2D eigenvalue weighted by Gasteiger charge is -2.34. The zero-order chi connectivity index (χ0) is 22.0. The van der Waals surface area contributed by atoms with Gasteiger partial charge in [0.2, 0.25) is 0 Å². The smallest absolute Gasteiger partial charge is 0.254 e. The summed E-state index contributed by atoms with van der Waals surface area (Å²) in [5.74, 6) is 0.470. The molecule has 2 aromatic rings. The second-order valence-electron chi connectivity index (χ2n) is 8.72. The molecule has 0 unspecified atom stereocenters. The Balaban J connectivity index is 1.33. The molecule has 3 atom stereocenters. The van der Waals surface area contributed by atoms with Crippen LogP contribution >= 0.6 is 0 Å². The van der Waals surface area contributed by atoms with E-state index in [0.717, 1.165) is 30.4 Å². The van der Waals surface area contributed by atoms with E-state index in [2.05, 4.69) is 24.4 Å². The van der Waals surface area contributed by atoms with Crippen molar-refractivity contribution in [2.45, 2.75) is 50.2 Å². The molecule has 166 valence electrons. The first-order chi connectivity index (χ1) is 15.0. The van der Waals surface area contributed by atoms with Gasteiger partial charge < -0.3 is 19.7 Å². The molecule has 0 bridgehead atoms. The van der Waals surface area contributed by atoms with Crippen LogP contribution in [-0.2, 0) is 4.74 Å². The van der Waals surface area contributed by atoms with Crippen LogP contribution in [0.4, 0.5) is 4.39 Å². The highest BCUT2D eigenvalue weighted by atomic mass is 19.1. The van der Waals surface area contributed by atoms with Crippen LogP contribution in [0.3, 0.4) is 0 Å². The number of nitrogens with zero attached hydrogens (tertiary/aromatic N) is 1. The molecule has 2 fully saturated rings. The number of nitrogens with one attached hydrogen (secondary N) is 1. The van der Waals surface area contributed by atoms with Crippen LogP contribution in [0, 0.1) is 5.82 Å².